The van der Waals surface area contributed by atoms with E-state index in [-0.39, 0.29) is 5.41 Å². The lowest BCUT2D eigenvalue weighted by atomic mass is 9.87. The number of ether oxygens (including phenoxy) is 1. The maximum atomic E-state index is 5.90. The first-order valence-electron chi connectivity index (χ1n) is 6.99. The van der Waals surface area contributed by atoms with Crippen LogP contribution in [0.25, 0.3) is 0 Å². The zero-order valence-electron chi connectivity index (χ0n) is 12.7. The summed E-state index contributed by atoms with van der Waals surface area (Å²) < 4.78 is 5.90. The molecule has 0 saturated heterocycles. The number of rotatable bonds is 4. The van der Waals surface area contributed by atoms with Gasteiger partial charge < -0.3 is 10.5 Å². The first-order valence-corrected chi connectivity index (χ1v) is 7.40. The topological polar surface area (TPSA) is 35.2 Å². The van der Waals surface area contributed by atoms with Gasteiger partial charge in [-0.25, -0.2) is 0 Å². The lowest BCUT2D eigenvalue weighted by molar-refractivity contribution is 0.305. The lowest BCUT2D eigenvalue weighted by Gasteiger charge is -2.20. The fourth-order valence-corrected chi connectivity index (χ4v) is 2.30. The molecule has 0 heterocycles. The normalized spacial score (nSPS) is 11.2. The van der Waals surface area contributed by atoms with Crippen LogP contribution in [0.2, 0.25) is 0 Å². The molecular weight excluding hydrogens is 278 g/mol. The molecule has 21 heavy (non-hydrogen) atoms. The third-order valence-corrected chi connectivity index (χ3v) is 3.60. The Hall–Kier alpha value is -1.87. The van der Waals surface area contributed by atoms with Gasteiger partial charge in [-0.05, 0) is 28.7 Å². The largest absolute Gasteiger partial charge is 0.489 e. The van der Waals surface area contributed by atoms with Gasteiger partial charge in [0.05, 0.1) is 0 Å². The molecule has 0 saturated carbocycles. The van der Waals surface area contributed by atoms with Gasteiger partial charge in [0.1, 0.15) is 17.3 Å². The first-order chi connectivity index (χ1) is 9.88. The van der Waals surface area contributed by atoms with E-state index in [1.807, 2.05) is 36.4 Å². The van der Waals surface area contributed by atoms with E-state index in [0.29, 0.717) is 11.6 Å². The zero-order valence-corrected chi connectivity index (χ0v) is 13.5. The molecule has 2 rings (SSSR count). The molecular formula is C18H21NOS. The van der Waals surface area contributed by atoms with E-state index in [4.69, 9.17) is 22.7 Å². The van der Waals surface area contributed by atoms with Crippen molar-refractivity contribution in [2.75, 3.05) is 0 Å². The number of benzene rings is 2. The standard InChI is InChI=1S/C18H21NOS/c1-18(2,3)14-8-6-9-15(11-14)20-12-13-7-4-5-10-16(13)17(19)21/h4-11H,12H2,1-3H3,(H2,19,21). The summed E-state index contributed by atoms with van der Waals surface area (Å²) in [6, 6.07) is 16.0. The molecule has 110 valence electrons. The summed E-state index contributed by atoms with van der Waals surface area (Å²) in [6.45, 7) is 7.03. The molecule has 0 aliphatic carbocycles. The van der Waals surface area contributed by atoms with Gasteiger partial charge in [-0.2, -0.15) is 0 Å². The number of hydrogen-bond acceptors (Lipinski definition) is 2. The van der Waals surface area contributed by atoms with Gasteiger partial charge in [-0.3, -0.25) is 0 Å². The molecule has 0 bridgehead atoms. The summed E-state index contributed by atoms with van der Waals surface area (Å²) in [7, 11) is 0. The molecule has 0 aliphatic heterocycles. The van der Waals surface area contributed by atoms with Crippen molar-refractivity contribution in [2.24, 2.45) is 5.73 Å². The van der Waals surface area contributed by atoms with E-state index in [9.17, 15) is 0 Å². The Morgan fingerprint density at radius 2 is 1.81 bits per heavy atom. The third-order valence-electron chi connectivity index (χ3n) is 3.38. The molecule has 0 amide bonds. The molecule has 0 aliphatic rings. The van der Waals surface area contributed by atoms with Crippen molar-refractivity contribution in [2.45, 2.75) is 32.8 Å². The molecule has 0 atom stereocenters. The Bertz CT molecular complexity index is 644. The van der Waals surface area contributed by atoms with Crippen LogP contribution < -0.4 is 10.5 Å². The Morgan fingerprint density at radius 3 is 2.48 bits per heavy atom. The van der Waals surface area contributed by atoms with Crippen LogP contribution in [0, 0.1) is 0 Å². The van der Waals surface area contributed by atoms with E-state index in [2.05, 4.69) is 32.9 Å². The van der Waals surface area contributed by atoms with Crippen LogP contribution in [0.5, 0.6) is 5.75 Å². The minimum Gasteiger partial charge on any atom is -0.489 e. The second kappa shape index (κ2) is 6.27. The quantitative estimate of drug-likeness (QED) is 0.859. The molecule has 0 fully saturated rings. The second-order valence-electron chi connectivity index (χ2n) is 6.09. The van der Waals surface area contributed by atoms with Crippen LogP contribution in [0.4, 0.5) is 0 Å². The smallest absolute Gasteiger partial charge is 0.120 e. The molecule has 0 aromatic heterocycles. The molecule has 0 radical (unpaired) electrons. The first kappa shape index (κ1) is 15.5. The SMILES string of the molecule is CC(C)(C)c1cccc(OCc2ccccc2C(N)=S)c1. The van der Waals surface area contributed by atoms with Crippen LogP contribution in [0.15, 0.2) is 48.5 Å². The summed E-state index contributed by atoms with van der Waals surface area (Å²) >= 11 is 5.07. The summed E-state index contributed by atoms with van der Waals surface area (Å²) in [4.78, 5) is 0.401. The Morgan fingerprint density at radius 1 is 1.10 bits per heavy atom. The highest BCUT2D eigenvalue weighted by atomic mass is 32.1. The van der Waals surface area contributed by atoms with Crippen molar-refractivity contribution in [3.05, 3.63) is 65.2 Å². The van der Waals surface area contributed by atoms with E-state index in [0.717, 1.165) is 16.9 Å². The van der Waals surface area contributed by atoms with Crippen LogP contribution in [-0.2, 0) is 12.0 Å². The molecule has 0 spiro atoms. The van der Waals surface area contributed by atoms with Crippen molar-refractivity contribution in [3.8, 4) is 5.75 Å². The van der Waals surface area contributed by atoms with Gasteiger partial charge in [0.15, 0.2) is 0 Å². The Labute approximate surface area is 131 Å². The number of hydrogen-bond donors (Lipinski definition) is 1. The minimum absolute atomic E-state index is 0.107. The fraction of sp³-hybridized carbons (Fsp3) is 0.278. The van der Waals surface area contributed by atoms with Crippen molar-refractivity contribution in [1.29, 1.82) is 0 Å². The highest BCUT2D eigenvalue weighted by Gasteiger charge is 2.14. The van der Waals surface area contributed by atoms with Crippen molar-refractivity contribution < 1.29 is 4.74 Å². The molecule has 2 nitrogen and oxygen atoms in total. The maximum Gasteiger partial charge on any atom is 0.120 e. The highest BCUT2D eigenvalue weighted by molar-refractivity contribution is 7.80. The maximum absolute atomic E-state index is 5.90. The molecule has 2 aromatic rings. The van der Waals surface area contributed by atoms with Crippen LogP contribution in [-0.4, -0.2) is 4.99 Å². The molecule has 3 heteroatoms. The predicted molar refractivity (Wildman–Crippen MR) is 91.8 cm³/mol. The average molecular weight is 299 g/mol. The lowest BCUT2D eigenvalue weighted by Crippen LogP contribution is -2.13. The van der Waals surface area contributed by atoms with E-state index >= 15 is 0 Å². The van der Waals surface area contributed by atoms with Crippen LogP contribution in [0.1, 0.15) is 37.5 Å². The average Bonchev–Trinajstić information content (AvgIpc) is 2.45. The fourth-order valence-electron chi connectivity index (χ4n) is 2.10. The van der Waals surface area contributed by atoms with E-state index in [1.165, 1.54) is 5.56 Å². The van der Waals surface area contributed by atoms with Gasteiger partial charge in [-0.1, -0.05) is 69.4 Å². The summed E-state index contributed by atoms with van der Waals surface area (Å²) in [5.41, 5.74) is 8.98. The summed E-state index contributed by atoms with van der Waals surface area (Å²) in [5.74, 6) is 0.861. The second-order valence-corrected chi connectivity index (χ2v) is 6.53. The number of nitrogens with two attached hydrogens (primary N) is 1. The third kappa shape index (κ3) is 4.05. The molecule has 0 unspecified atom stereocenters. The Kier molecular flexibility index (Phi) is 4.63. The van der Waals surface area contributed by atoms with Crippen molar-refractivity contribution >= 4 is 17.2 Å². The van der Waals surface area contributed by atoms with Gasteiger partial charge in [-0.15, -0.1) is 0 Å². The summed E-state index contributed by atoms with van der Waals surface area (Å²) in [6.07, 6.45) is 0. The monoisotopic (exact) mass is 299 g/mol. The van der Waals surface area contributed by atoms with E-state index < -0.39 is 0 Å². The van der Waals surface area contributed by atoms with Gasteiger partial charge >= 0.3 is 0 Å². The van der Waals surface area contributed by atoms with Crippen LogP contribution in [0.3, 0.4) is 0 Å². The molecule has 2 aromatic carbocycles. The summed E-state index contributed by atoms with van der Waals surface area (Å²) in [5, 5.41) is 0. The molecule has 2 N–H and O–H groups in total. The zero-order chi connectivity index (χ0) is 15.5. The highest BCUT2D eigenvalue weighted by Crippen LogP contribution is 2.26. The van der Waals surface area contributed by atoms with Crippen LogP contribution >= 0.6 is 12.2 Å². The van der Waals surface area contributed by atoms with Crippen molar-refractivity contribution in [3.63, 3.8) is 0 Å². The van der Waals surface area contributed by atoms with Crippen molar-refractivity contribution in [1.82, 2.24) is 0 Å². The predicted octanol–water partition coefficient (Wildman–Crippen LogP) is 4.20. The van der Waals surface area contributed by atoms with E-state index in [1.54, 1.807) is 0 Å². The number of thiocarbonyl (C=S) groups is 1. The minimum atomic E-state index is 0.107. The van der Waals surface area contributed by atoms with Gasteiger partial charge in [0, 0.05) is 5.56 Å². The Balaban J connectivity index is 2.16. The van der Waals surface area contributed by atoms with Gasteiger partial charge in [0.25, 0.3) is 0 Å². The van der Waals surface area contributed by atoms with Gasteiger partial charge in [0.2, 0.25) is 0 Å².